The Hall–Kier alpha value is -1.99. The fourth-order valence-electron chi connectivity index (χ4n) is 2.84. The molecule has 0 unspecified atom stereocenters. The van der Waals surface area contributed by atoms with Gasteiger partial charge in [-0.3, -0.25) is 14.5 Å². The molecule has 3 rings (SSSR count). The van der Waals surface area contributed by atoms with Crippen molar-refractivity contribution in [3.05, 3.63) is 36.4 Å². The van der Waals surface area contributed by atoms with Crippen LogP contribution in [0.1, 0.15) is 12.8 Å². The molecule has 1 aliphatic carbocycles. The summed E-state index contributed by atoms with van der Waals surface area (Å²) in [6.07, 6.45) is 4.97. The second-order valence-electron chi connectivity index (χ2n) is 5.21. The standard InChI is InChI=1S/C14H14N2O4S/c15-21(19,20)10-7-5-9(6-8-10)16-13(17)11-3-1-2-4-12(11)14(16)18/h1-2,5-8,11-12H,3-4H2,(H2,15,19,20)/t11-,12-/m1/s1. The fraction of sp³-hybridized carbons (Fsp3) is 0.286. The highest BCUT2D eigenvalue weighted by Gasteiger charge is 2.47. The Morgan fingerprint density at radius 2 is 1.43 bits per heavy atom. The third kappa shape index (κ3) is 2.28. The first-order valence-electron chi connectivity index (χ1n) is 6.55. The fourth-order valence-corrected chi connectivity index (χ4v) is 3.36. The highest BCUT2D eigenvalue weighted by atomic mass is 32.2. The van der Waals surface area contributed by atoms with Crippen LogP contribution in [0.3, 0.4) is 0 Å². The van der Waals surface area contributed by atoms with Crippen LogP contribution in [-0.4, -0.2) is 20.2 Å². The van der Waals surface area contributed by atoms with Crippen molar-refractivity contribution in [2.24, 2.45) is 17.0 Å². The van der Waals surface area contributed by atoms with Crippen molar-refractivity contribution in [1.82, 2.24) is 0 Å². The second-order valence-corrected chi connectivity index (χ2v) is 6.77. The van der Waals surface area contributed by atoms with Crippen molar-refractivity contribution in [3.8, 4) is 0 Å². The Morgan fingerprint density at radius 1 is 0.952 bits per heavy atom. The van der Waals surface area contributed by atoms with E-state index in [4.69, 9.17) is 5.14 Å². The average Bonchev–Trinajstić information content (AvgIpc) is 2.71. The molecule has 2 amide bonds. The average molecular weight is 306 g/mol. The minimum absolute atomic E-state index is 0.0515. The number of hydrogen-bond donors (Lipinski definition) is 1. The number of nitrogens with zero attached hydrogens (tertiary/aromatic N) is 1. The van der Waals surface area contributed by atoms with Crippen LogP contribution in [0.5, 0.6) is 0 Å². The number of nitrogens with two attached hydrogens (primary N) is 1. The maximum Gasteiger partial charge on any atom is 0.238 e. The van der Waals surface area contributed by atoms with Crippen molar-refractivity contribution in [2.75, 3.05) is 4.90 Å². The summed E-state index contributed by atoms with van der Waals surface area (Å²) in [7, 11) is -3.79. The van der Waals surface area contributed by atoms with Gasteiger partial charge in [0.05, 0.1) is 22.4 Å². The molecule has 6 nitrogen and oxygen atoms in total. The summed E-state index contributed by atoms with van der Waals surface area (Å²) in [4.78, 5) is 25.8. The Morgan fingerprint density at radius 3 is 1.86 bits per heavy atom. The largest absolute Gasteiger partial charge is 0.274 e. The summed E-state index contributed by atoms with van der Waals surface area (Å²) in [5, 5.41) is 5.03. The third-order valence-corrected chi connectivity index (χ3v) is 4.86. The molecule has 2 N–H and O–H groups in total. The molecule has 21 heavy (non-hydrogen) atoms. The Balaban J connectivity index is 1.94. The number of benzene rings is 1. The molecular weight excluding hydrogens is 292 g/mol. The Kier molecular flexibility index (Phi) is 3.18. The summed E-state index contributed by atoms with van der Waals surface area (Å²) in [5.41, 5.74) is 0.381. The lowest BCUT2D eigenvalue weighted by Crippen LogP contribution is -2.30. The number of hydrogen-bond acceptors (Lipinski definition) is 4. The molecule has 1 aromatic rings. The van der Waals surface area contributed by atoms with Crippen LogP contribution in [0.4, 0.5) is 5.69 Å². The minimum atomic E-state index is -3.79. The molecule has 1 aliphatic heterocycles. The maximum atomic E-state index is 12.4. The number of amides is 2. The van der Waals surface area contributed by atoms with Gasteiger partial charge in [-0.1, -0.05) is 12.2 Å². The van der Waals surface area contributed by atoms with E-state index in [1.807, 2.05) is 12.2 Å². The molecule has 0 radical (unpaired) electrons. The maximum absolute atomic E-state index is 12.4. The first-order valence-corrected chi connectivity index (χ1v) is 8.10. The van der Waals surface area contributed by atoms with Gasteiger partial charge >= 0.3 is 0 Å². The van der Waals surface area contributed by atoms with E-state index in [1.165, 1.54) is 24.3 Å². The normalized spacial score (nSPS) is 25.3. The predicted octanol–water partition coefficient (Wildman–Crippen LogP) is 0.790. The number of rotatable bonds is 2. The minimum Gasteiger partial charge on any atom is -0.274 e. The Bertz CT molecular complexity index is 711. The molecular formula is C14H14N2O4S. The number of allylic oxidation sites excluding steroid dienone is 2. The molecule has 0 saturated carbocycles. The lowest BCUT2D eigenvalue weighted by molar-refractivity contribution is -0.122. The molecule has 1 saturated heterocycles. The van der Waals surface area contributed by atoms with Gasteiger partial charge in [0.15, 0.2) is 0 Å². The van der Waals surface area contributed by atoms with Crippen molar-refractivity contribution in [3.63, 3.8) is 0 Å². The monoisotopic (exact) mass is 306 g/mol. The molecule has 0 spiro atoms. The SMILES string of the molecule is NS(=O)(=O)c1ccc(N2C(=O)[C@@H]3CC=CC[C@H]3C2=O)cc1. The number of anilines is 1. The molecule has 1 aromatic carbocycles. The molecule has 110 valence electrons. The van der Waals surface area contributed by atoms with Crippen LogP contribution in [-0.2, 0) is 19.6 Å². The first kappa shape index (κ1) is 14.0. The Labute approximate surface area is 122 Å². The number of imide groups is 1. The van der Waals surface area contributed by atoms with Gasteiger partial charge in [-0.25, -0.2) is 13.6 Å². The number of primary sulfonamides is 1. The van der Waals surface area contributed by atoms with E-state index in [-0.39, 0.29) is 28.5 Å². The van der Waals surface area contributed by atoms with Crippen LogP contribution in [0.2, 0.25) is 0 Å². The smallest absolute Gasteiger partial charge is 0.238 e. The third-order valence-electron chi connectivity index (χ3n) is 3.93. The van der Waals surface area contributed by atoms with Crippen LogP contribution in [0, 0.1) is 11.8 Å². The number of fused-ring (bicyclic) bond motifs is 1. The van der Waals surface area contributed by atoms with Crippen LogP contribution < -0.4 is 10.0 Å². The van der Waals surface area contributed by atoms with Gasteiger partial charge in [0.25, 0.3) is 0 Å². The highest BCUT2D eigenvalue weighted by Crippen LogP contribution is 2.37. The molecule has 2 atom stereocenters. The summed E-state index contributed by atoms with van der Waals surface area (Å²) >= 11 is 0. The highest BCUT2D eigenvalue weighted by molar-refractivity contribution is 7.89. The number of carbonyl (C=O) groups excluding carboxylic acids is 2. The quantitative estimate of drug-likeness (QED) is 0.645. The summed E-state index contributed by atoms with van der Waals surface area (Å²) in [5.74, 6) is -1.06. The van der Waals surface area contributed by atoms with E-state index in [1.54, 1.807) is 0 Å². The molecule has 2 aliphatic rings. The molecule has 1 heterocycles. The zero-order valence-corrected chi connectivity index (χ0v) is 11.9. The van der Waals surface area contributed by atoms with Gasteiger partial charge in [0.1, 0.15) is 0 Å². The van der Waals surface area contributed by atoms with Crippen molar-refractivity contribution in [2.45, 2.75) is 17.7 Å². The van der Waals surface area contributed by atoms with Gasteiger partial charge in [0, 0.05) is 0 Å². The van der Waals surface area contributed by atoms with E-state index in [9.17, 15) is 18.0 Å². The van der Waals surface area contributed by atoms with E-state index in [2.05, 4.69) is 0 Å². The molecule has 0 aromatic heterocycles. The van der Waals surface area contributed by atoms with Gasteiger partial charge in [0.2, 0.25) is 21.8 Å². The van der Waals surface area contributed by atoms with Crippen molar-refractivity contribution in [1.29, 1.82) is 0 Å². The number of carbonyl (C=O) groups is 2. The van der Waals surface area contributed by atoms with Gasteiger partial charge in [-0.2, -0.15) is 0 Å². The van der Waals surface area contributed by atoms with Crippen LogP contribution >= 0.6 is 0 Å². The topological polar surface area (TPSA) is 97.5 Å². The molecule has 0 bridgehead atoms. The lowest BCUT2D eigenvalue weighted by atomic mass is 9.85. The van der Waals surface area contributed by atoms with E-state index in [0.29, 0.717) is 18.5 Å². The predicted molar refractivity (Wildman–Crippen MR) is 75.7 cm³/mol. The second kappa shape index (κ2) is 4.78. The zero-order valence-electron chi connectivity index (χ0n) is 11.1. The molecule has 1 fully saturated rings. The van der Waals surface area contributed by atoms with E-state index >= 15 is 0 Å². The lowest BCUT2D eigenvalue weighted by Gasteiger charge is -2.14. The van der Waals surface area contributed by atoms with Gasteiger partial charge in [-0.05, 0) is 37.1 Å². The van der Waals surface area contributed by atoms with Crippen LogP contribution in [0.15, 0.2) is 41.3 Å². The summed E-state index contributed by atoms with van der Waals surface area (Å²) in [6.45, 7) is 0. The zero-order chi connectivity index (χ0) is 15.2. The van der Waals surface area contributed by atoms with Gasteiger partial charge in [-0.15, -0.1) is 0 Å². The number of sulfonamides is 1. The van der Waals surface area contributed by atoms with Crippen molar-refractivity contribution < 1.29 is 18.0 Å². The first-order chi connectivity index (χ1) is 9.89. The van der Waals surface area contributed by atoms with Gasteiger partial charge < -0.3 is 0 Å². The summed E-state index contributed by atoms with van der Waals surface area (Å²) in [6, 6.07) is 5.46. The molecule has 7 heteroatoms. The summed E-state index contributed by atoms with van der Waals surface area (Å²) < 4.78 is 22.4. The van der Waals surface area contributed by atoms with Crippen LogP contribution in [0.25, 0.3) is 0 Å². The van der Waals surface area contributed by atoms with Crippen molar-refractivity contribution >= 4 is 27.5 Å². The van der Waals surface area contributed by atoms with E-state index in [0.717, 1.165) is 4.90 Å². The van der Waals surface area contributed by atoms with E-state index < -0.39 is 10.0 Å².